The third kappa shape index (κ3) is 3.98. The lowest BCUT2D eigenvalue weighted by atomic mass is 10.1. The Labute approximate surface area is 91.9 Å². The van der Waals surface area contributed by atoms with Gasteiger partial charge in [0.25, 0.3) is 0 Å². The van der Waals surface area contributed by atoms with Crippen LogP contribution >= 0.6 is 0 Å². The number of methoxy groups -OCH3 is 1. The molecule has 0 radical (unpaired) electrons. The first-order valence-electron chi connectivity index (χ1n) is 5.36. The van der Waals surface area contributed by atoms with E-state index in [1.807, 2.05) is 19.3 Å². The molecule has 0 aliphatic heterocycles. The van der Waals surface area contributed by atoms with E-state index < -0.39 is 0 Å². The lowest BCUT2D eigenvalue weighted by molar-refractivity contribution is 0.189. The molecule has 3 nitrogen and oxygen atoms in total. The van der Waals surface area contributed by atoms with Crippen LogP contribution in [0.3, 0.4) is 0 Å². The topological polar surface area (TPSA) is 34.1 Å². The highest BCUT2D eigenvalue weighted by Crippen LogP contribution is 2.16. The van der Waals surface area contributed by atoms with Crippen LogP contribution in [-0.4, -0.2) is 25.7 Å². The Kier molecular flexibility index (Phi) is 5.29. The van der Waals surface area contributed by atoms with E-state index in [0.717, 1.165) is 25.1 Å². The van der Waals surface area contributed by atoms with Crippen LogP contribution in [-0.2, 0) is 4.74 Å². The van der Waals surface area contributed by atoms with Crippen molar-refractivity contribution in [3.05, 3.63) is 29.6 Å². The van der Waals surface area contributed by atoms with Gasteiger partial charge in [-0.2, -0.15) is 0 Å². The Bertz CT molecular complexity index is 289. The second kappa shape index (κ2) is 6.53. The Hall–Kier alpha value is -0.930. The average Bonchev–Trinajstić information content (AvgIpc) is 2.24. The Morgan fingerprint density at radius 3 is 2.93 bits per heavy atom. The summed E-state index contributed by atoms with van der Waals surface area (Å²) in [6.07, 6.45) is 3.98. The first-order valence-corrected chi connectivity index (χ1v) is 5.36. The van der Waals surface area contributed by atoms with Gasteiger partial charge in [0.1, 0.15) is 0 Å². The molecule has 1 rings (SSSR count). The Balaban J connectivity index is 2.57. The predicted octanol–water partition coefficient (Wildman–Crippen LogP) is 2.08. The molecule has 0 aromatic carbocycles. The molecular weight excluding hydrogens is 188 g/mol. The van der Waals surface area contributed by atoms with Crippen LogP contribution in [0.1, 0.15) is 30.1 Å². The smallest absolute Gasteiger partial charge is 0.0575 e. The summed E-state index contributed by atoms with van der Waals surface area (Å²) < 4.78 is 5.05. The van der Waals surface area contributed by atoms with Crippen molar-refractivity contribution in [1.29, 1.82) is 0 Å². The van der Waals surface area contributed by atoms with Gasteiger partial charge in [-0.15, -0.1) is 0 Å². The molecule has 0 aliphatic rings. The van der Waals surface area contributed by atoms with Gasteiger partial charge in [-0.1, -0.05) is 0 Å². The van der Waals surface area contributed by atoms with Gasteiger partial charge >= 0.3 is 0 Å². The fourth-order valence-electron chi connectivity index (χ4n) is 1.62. The summed E-state index contributed by atoms with van der Waals surface area (Å²) in [6, 6.07) is 4.49. The van der Waals surface area contributed by atoms with Crippen LogP contribution in [0.15, 0.2) is 18.3 Å². The molecule has 15 heavy (non-hydrogen) atoms. The summed E-state index contributed by atoms with van der Waals surface area (Å²) >= 11 is 0. The molecule has 0 spiro atoms. The van der Waals surface area contributed by atoms with Gasteiger partial charge in [0, 0.05) is 26.0 Å². The molecular formula is C12H20N2O. The largest absolute Gasteiger partial charge is 0.385 e. The number of ether oxygens (including phenoxy) is 1. The highest BCUT2D eigenvalue weighted by Gasteiger charge is 2.09. The zero-order valence-electron chi connectivity index (χ0n) is 9.79. The molecule has 0 saturated carbocycles. The summed E-state index contributed by atoms with van der Waals surface area (Å²) in [5, 5.41) is 3.29. The number of aromatic nitrogens is 1. The molecule has 0 amide bonds. The molecule has 0 fully saturated rings. The normalized spacial score (nSPS) is 12.7. The van der Waals surface area contributed by atoms with E-state index in [1.165, 1.54) is 5.56 Å². The zero-order valence-corrected chi connectivity index (χ0v) is 9.79. The predicted molar refractivity (Wildman–Crippen MR) is 61.9 cm³/mol. The first kappa shape index (κ1) is 12.1. The van der Waals surface area contributed by atoms with Crippen LogP contribution in [0.2, 0.25) is 0 Å². The van der Waals surface area contributed by atoms with Crippen LogP contribution in [0.5, 0.6) is 0 Å². The lowest BCUT2D eigenvalue weighted by Gasteiger charge is -2.15. The number of nitrogens with one attached hydrogen (secondary N) is 1. The molecule has 1 aromatic rings. The van der Waals surface area contributed by atoms with Crippen molar-refractivity contribution in [2.75, 3.05) is 20.8 Å². The van der Waals surface area contributed by atoms with E-state index in [1.54, 1.807) is 7.11 Å². The monoisotopic (exact) mass is 208 g/mol. The van der Waals surface area contributed by atoms with Crippen LogP contribution in [0, 0.1) is 6.92 Å². The average molecular weight is 208 g/mol. The summed E-state index contributed by atoms with van der Waals surface area (Å²) in [5.74, 6) is 0. The van der Waals surface area contributed by atoms with Gasteiger partial charge in [0.05, 0.1) is 5.69 Å². The van der Waals surface area contributed by atoms with E-state index in [9.17, 15) is 0 Å². The van der Waals surface area contributed by atoms with Crippen molar-refractivity contribution in [3.8, 4) is 0 Å². The number of hydrogen-bond donors (Lipinski definition) is 1. The summed E-state index contributed by atoms with van der Waals surface area (Å²) in [4.78, 5) is 4.39. The van der Waals surface area contributed by atoms with Crippen molar-refractivity contribution in [2.45, 2.75) is 25.8 Å². The van der Waals surface area contributed by atoms with E-state index >= 15 is 0 Å². The molecule has 3 heteroatoms. The van der Waals surface area contributed by atoms with Crippen molar-refractivity contribution < 1.29 is 4.74 Å². The minimum absolute atomic E-state index is 0.333. The minimum Gasteiger partial charge on any atom is -0.385 e. The second-order valence-corrected chi connectivity index (χ2v) is 3.73. The molecule has 1 N–H and O–H groups in total. The lowest BCUT2D eigenvalue weighted by Crippen LogP contribution is -2.18. The molecule has 0 aliphatic carbocycles. The van der Waals surface area contributed by atoms with Crippen molar-refractivity contribution in [1.82, 2.24) is 10.3 Å². The molecule has 84 valence electrons. The fourth-order valence-corrected chi connectivity index (χ4v) is 1.62. The van der Waals surface area contributed by atoms with Gasteiger partial charge in [-0.25, -0.2) is 0 Å². The molecule has 0 saturated heterocycles. The maximum absolute atomic E-state index is 5.05. The highest BCUT2D eigenvalue weighted by atomic mass is 16.5. The summed E-state index contributed by atoms with van der Waals surface area (Å²) in [7, 11) is 3.71. The Morgan fingerprint density at radius 2 is 2.33 bits per heavy atom. The molecule has 0 bridgehead atoms. The van der Waals surface area contributed by atoms with Crippen molar-refractivity contribution in [3.63, 3.8) is 0 Å². The van der Waals surface area contributed by atoms with E-state index in [4.69, 9.17) is 4.74 Å². The number of pyridine rings is 1. The second-order valence-electron chi connectivity index (χ2n) is 3.73. The van der Waals surface area contributed by atoms with Crippen LogP contribution in [0.4, 0.5) is 0 Å². The standard InChI is InChI=1S/C12H20N2O/c1-10-6-7-14-12(9-10)11(13-2)5-4-8-15-3/h6-7,9,11,13H,4-5,8H2,1-3H3. The van der Waals surface area contributed by atoms with Crippen molar-refractivity contribution in [2.24, 2.45) is 0 Å². The fraction of sp³-hybridized carbons (Fsp3) is 0.583. The number of hydrogen-bond acceptors (Lipinski definition) is 3. The van der Waals surface area contributed by atoms with E-state index in [-0.39, 0.29) is 0 Å². The minimum atomic E-state index is 0.333. The number of nitrogens with zero attached hydrogens (tertiary/aromatic N) is 1. The van der Waals surface area contributed by atoms with E-state index in [0.29, 0.717) is 6.04 Å². The summed E-state index contributed by atoms with van der Waals surface area (Å²) in [5.41, 5.74) is 2.38. The molecule has 1 aromatic heterocycles. The third-order valence-corrected chi connectivity index (χ3v) is 2.48. The Morgan fingerprint density at radius 1 is 1.53 bits per heavy atom. The maximum Gasteiger partial charge on any atom is 0.0575 e. The highest BCUT2D eigenvalue weighted by molar-refractivity contribution is 5.17. The maximum atomic E-state index is 5.05. The number of aryl methyl sites for hydroxylation is 1. The van der Waals surface area contributed by atoms with Gasteiger partial charge in [-0.3, -0.25) is 4.98 Å². The van der Waals surface area contributed by atoms with Gasteiger partial charge in [0.15, 0.2) is 0 Å². The molecule has 1 atom stereocenters. The zero-order chi connectivity index (χ0) is 11.1. The molecule has 1 heterocycles. The van der Waals surface area contributed by atoms with Crippen molar-refractivity contribution >= 4 is 0 Å². The molecule has 1 unspecified atom stereocenters. The SMILES string of the molecule is CNC(CCCOC)c1cc(C)ccn1. The van der Waals surface area contributed by atoms with Gasteiger partial charge < -0.3 is 10.1 Å². The summed E-state index contributed by atoms with van der Waals surface area (Å²) in [6.45, 7) is 2.90. The quantitative estimate of drug-likeness (QED) is 0.727. The first-order chi connectivity index (χ1) is 7.27. The van der Waals surface area contributed by atoms with Crippen LogP contribution < -0.4 is 5.32 Å². The van der Waals surface area contributed by atoms with E-state index in [2.05, 4.69) is 23.3 Å². The number of rotatable bonds is 6. The van der Waals surface area contributed by atoms with Gasteiger partial charge in [-0.05, 0) is 44.5 Å². The van der Waals surface area contributed by atoms with Crippen LogP contribution in [0.25, 0.3) is 0 Å². The third-order valence-electron chi connectivity index (χ3n) is 2.48. The van der Waals surface area contributed by atoms with Gasteiger partial charge in [0.2, 0.25) is 0 Å².